The predicted octanol–water partition coefficient (Wildman–Crippen LogP) is 2.30. The Bertz CT molecular complexity index is 802. The fourth-order valence-electron chi connectivity index (χ4n) is 3.22. The molecule has 0 unspecified atom stereocenters. The molecule has 0 aliphatic carbocycles. The van der Waals surface area contributed by atoms with Gasteiger partial charge in [-0.2, -0.15) is 4.31 Å². The lowest BCUT2D eigenvalue weighted by Crippen LogP contribution is -2.42. The summed E-state index contributed by atoms with van der Waals surface area (Å²) < 4.78 is 32.5. The molecule has 1 heterocycles. The minimum atomic E-state index is -3.73. The molecule has 27 heavy (non-hydrogen) atoms. The van der Waals surface area contributed by atoms with Crippen molar-refractivity contribution >= 4 is 33.5 Å². The highest BCUT2D eigenvalue weighted by Crippen LogP contribution is 2.28. The highest BCUT2D eigenvalue weighted by Gasteiger charge is 2.32. The summed E-state index contributed by atoms with van der Waals surface area (Å²) in [6.45, 7) is 6.44. The molecule has 1 N–H and O–H groups in total. The average molecular weight is 417 g/mol. The van der Waals surface area contributed by atoms with Crippen LogP contribution in [0.3, 0.4) is 0 Å². The van der Waals surface area contributed by atoms with Crippen molar-refractivity contribution in [3.63, 3.8) is 0 Å². The number of ether oxygens (including phenoxy) is 1. The van der Waals surface area contributed by atoms with Crippen molar-refractivity contribution in [2.75, 3.05) is 26.2 Å². The van der Waals surface area contributed by atoms with E-state index in [1.165, 1.54) is 29.4 Å². The molecule has 9 heteroatoms. The highest BCUT2D eigenvalue weighted by atomic mass is 35.5. The van der Waals surface area contributed by atoms with E-state index in [0.717, 1.165) is 6.42 Å². The van der Waals surface area contributed by atoms with E-state index in [2.05, 4.69) is 5.32 Å². The third-order valence-corrected chi connectivity index (χ3v) is 6.50. The maximum Gasteiger partial charge on any atom is 0.339 e. The third-order valence-electron chi connectivity index (χ3n) is 4.34. The Balaban J connectivity index is 2.18. The highest BCUT2D eigenvalue weighted by molar-refractivity contribution is 7.89. The summed E-state index contributed by atoms with van der Waals surface area (Å²) >= 11 is 6.06. The molecule has 0 saturated carbocycles. The first-order valence-electron chi connectivity index (χ1n) is 8.82. The van der Waals surface area contributed by atoms with Crippen LogP contribution in [0.25, 0.3) is 0 Å². The van der Waals surface area contributed by atoms with Crippen LogP contribution in [0.4, 0.5) is 0 Å². The molecule has 1 aliphatic heterocycles. The summed E-state index contributed by atoms with van der Waals surface area (Å²) in [5.41, 5.74) is -0.0151. The number of hydrogen-bond donors (Lipinski definition) is 1. The van der Waals surface area contributed by atoms with Crippen molar-refractivity contribution in [2.24, 2.45) is 11.8 Å². The van der Waals surface area contributed by atoms with Crippen LogP contribution in [0.5, 0.6) is 0 Å². The topological polar surface area (TPSA) is 92.8 Å². The predicted molar refractivity (Wildman–Crippen MR) is 102 cm³/mol. The molecule has 0 radical (unpaired) electrons. The Labute approximate surface area is 165 Å². The second kappa shape index (κ2) is 9.03. The molecule has 1 aromatic rings. The summed E-state index contributed by atoms with van der Waals surface area (Å²) in [5, 5.41) is 2.61. The Kier molecular flexibility index (Phi) is 7.25. The second-order valence-corrected chi connectivity index (χ2v) is 9.37. The molecular formula is C18H25ClN2O5S. The zero-order valence-electron chi connectivity index (χ0n) is 15.7. The molecule has 2 atom stereocenters. The van der Waals surface area contributed by atoms with Crippen molar-refractivity contribution in [3.8, 4) is 0 Å². The second-order valence-electron chi connectivity index (χ2n) is 7.03. The fourth-order valence-corrected chi connectivity index (χ4v) is 5.12. The van der Waals surface area contributed by atoms with Crippen molar-refractivity contribution in [1.82, 2.24) is 9.62 Å². The summed E-state index contributed by atoms with van der Waals surface area (Å²) in [6, 6.07) is 4.04. The van der Waals surface area contributed by atoms with Crippen LogP contribution in [0.1, 0.15) is 37.6 Å². The van der Waals surface area contributed by atoms with Gasteiger partial charge in [0.15, 0.2) is 0 Å². The Hall–Kier alpha value is -1.64. The van der Waals surface area contributed by atoms with Crippen LogP contribution < -0.4 is 5.32 Å². The van der Waals surface area contributed by atoms with Gasteiger partial charge in [-0.3, -0.25) is 4.79 Å². The fraction of sp³-hybridized carbons (Fsp3) is 0.556. The number of carbonyl (C=O) groups is 2. The van der Waals surface area contributed by atoms with Crippen LogP contribution in [0, 0.1) is 11.8 Å². The lowest BCUT2D eigenvalue weighted by atomic mass is 9.94. The molecule has 0 spiro atoms. The van der Waals surface area contributed by atoms with Gasteiger partial charge in [0.1, 0.15) is 6.61 Å². The molecule has 0 aromatic heterocycles. The first-order valence-corrected chi connectivity index (χ1v) is 10.6. The van der Waals surface area contributed by atoms with Gasteiger partial charge >= 0.3 is 5.97 Å². The number of hydrogen-bond acceptors (Lipinski definition) is 5. The van der Waals surface area contributed by atoms with E-state index >= 15 is 0 Å². The lowest BCUT2D eigenvalue weighted by molar-refractivity contribution is -0.119. The van der Waals surface area contributed by atoms with Gasteiger partial charge in [-0.05, 0) is 36.5 Å². The van der Waals surface area contributed by atoms with Crippen LogP contribution in [0.15, 0.2) is 23.1 Å². The third kappa shape index (κ3) is 5.67. The zero-order valence-corrected chi connectivity index (χ0v) is 17.3. The van der Waals surface area contributed by atoms with E-state index < -0.39 is 16.0 Å². The number of benzene rings is 1. The summed E-state index contributed by atoms with van der Waals surface area (Å²) in [4.78, 5) is 23.1. The van der Waals surface area contributed by atoms with Gasteiger partial charge in [-0.1, -0.05) is 25.4 Å². The SMILES string of the molecule is CC(=O)NCCOC(=O)c1cc(S(=O)(=O)N2C[C@@H](C)C[C@H](C)C2)ccc1Cl. The molecule has 0 bridgehead atoms. The Morgan fingerprint density at radius 2 is 1.89 bits per heavy atom. The van der Waals surface area contributed by atoms with E-state index in [-0.39, 0.29) is 46.4 Å². The summed E-state index contributed by atoms with van der Waals surface area (Å²) in [6.07, 6.45) is 0.985. The average Bonchev–Trinajstić information content (AvgIpc) is 2.57. The minimum absolute atomic E-state index is 0.0151. The normalized spacial score (nSPS) is 20.9. The Morgan fingerprint density at radius 1 is 1.26 bits per heavy atom. The molecule has 1 aliphatic rings. The smallest absolute Gasteiger partial charge is 0.339 e. The molecule has 1 aromatic carbocycles. The van der Waals surface area contributed by atoms with E-state index in [1.54, 1.807) is 0 Å². The van der Waals surface area contributed by atoms with E-state index in [4.69, 9.17) is 16.3 Å². The van der Waals surface area contributed by atoms with Crippen LogP contribution in [-0.4, -0.2) is 50.8 Å². The van der Waals surface area contributed by atoms with E-state index in [1.807, 2.05) is 13.8 Å². The quantitative estimate of drug-likeness (QED) is 0.567. The number of halogens is 1. The number of amides is 1. The molecule has 1 saturated heterocycles. The maximum absolute atomic E-state index is 13.0. The molecule has 2 rings (SSSR count). The Morgan fingerprint density at radius 3 is 2.48 bits per heavy atom. The number of sulfonamides is 1. The monoisotopic (exact) mass is 416 g/mol. The van der Waals surface area contributed by atoms with Gasteiger partial charge in [0, 0.05) is 20.0 Å². The van der Waals surface area contributed by atoms with Gasteiger partial charge in [-0.15, -0.1) is 0 Å². The molecule has 7 nitrogen and oxygen atoms in total. The number of esters is 1. The number of carbonyl (C=O) groups excluding carboxylic acids is 2. The molecule has 1 fully saturated rings. The van der Waals surface area contributed by atoms with Crippen molar-refractivity contribution in [3.05, 3.63) is 28.8 Å². The van der Waals surface area contributed by atoms with Crippen LogP contribution >= 0.6 is 11.6 Å². The summed E-state index contributed by atoms with van der Waals surface area (Å²) in [5.74, 6) is -0.423. The number of nitrogens with one attached hydrogen (secondary N) is 1. The summed E-state index contributed by atoms with van der Waals surface area (Å²) in [7, 11) is -3.73. The van der Waals surface area contributed by atoms with Gasteiger partial charge < -0.3 is 10.1 Å². The van der Waals surface area contributed by atoms with Crippen LogP contribution in [0.2, 0.25) is 5.02 Å². The van der Waals surface area contributed by atoms with Gasteiger partial charge in [-0.25, -0.2) is 13.2 Å². The van der Waals surface area contributed by atoms with Crippen LogP contribution in [-0.2, 0) is 19.6 Å². The standard InChI is InChI=1S/C18H25ClN2O5S/c1-12-8-13(2)11-21(10-12)27(24,25)15-4-5-17(19)16(9-15)18(23)26-7-6-20-14(3)22/h4-5,9,12-13H,6-8,10-11H2,1-3H3,(H,20,22)/t12-,13-/m0/s1. The number of rotatable bonds is 6. The van der Waals surface area contributed by atoms with Crippen molar-refractivity contribution < 1.29 is 22.7 Å². The van der Waals surface area contributed by atoms with Gasteiger partial charge in [0.2, 0.25) is 15.9 Å². The molecule has 1 amide bonds. The van der Waals surface area contributed by atoms with Gasteiger partial charge in [0.25, 0.3) is 0 Å². The first-order chi connectivity index (χ1) is 12.6. The van der Waals surface area contributed by atoms with Crippen molar-refractivity contribution in [2.45, 2.75) is 32.1 Å². The molecular weight excluding hydrogens is 392 g/mol. The number of nitrogens with zero attached hydrogens (tertiary/aromatic N) is 1. The number of piperidine rings is 1. The minimum Gasteiger partial charge on any atom is -0.460 e. The maximum atomic E-state index is 13.0. The lowest BCUT2D eigenvalue weighted by Gasteiger charge is -2.34. The van der Waals surface area contributed by atoms with E-state index in [0.29, 0.717) is 13.1 Å². The van der Waals surface area contributed by atoms with E-state index in [9.17, 15) is 18.0 Å². The largest absolute Gasteiger partial charge is 0.460 e. The first kappa shape index (κ1) is 21.7. The zero-order chi connectivity index (χ0) is 20.2. The van der Waals surface area contributed by atoms with Gasteiger partial charge in [0.05, 0.1) is 22.0 Å². The molecule has 150 valence electrons. The van der Waals surface area contributed by atoms with Crippen molar-refractivity contribution in [1.29, 1.82) is 0 Å².